The van der Waals surface area contributed by atoms with Gasteiger partial charge >= 0.3 is 0 Å². The van der Waals surface area contributed by atoms with Crippen molar-refractivity contribution in [1.82, 2.24) is 9.46 Å². The van der Waals surface area contributed by atoms with Crippen LogP contribution in [-0.2, 0) is 0 Å². The van der Waals surface area contributed by atoms with Crippen molar-refractivity contribution >= 4 is 22.4 Å². The van der Waals surface area contributed by atoms with Gasteiger partial charge in [-0.2, -0.15) is 9.46 Å². The Labute approximate surface area is 88.5 Å². The highest BCUT2D eigenvalue weighted by Gasteiger charge is 2.13. The summed E-state index contributed by atoms with van der Waals surface area (Å²) in [5.74, 6) is 0. The lowest BCUT2D eigenvalue weighted by Gasteiger charge is -2.11. The number of nitrogens with two attached hydrogens (primary N) is 2. The summed E-state index contributed by atoms with van der Waals surface area (Å²) in [6.45, 7) is 0. The van der Waals surface area contributed by atoms with E-state index in [2.05, 4.69) is 0 Å². The van der Waals surface area contributed by atoms with Crippen LogP contribution in [0.3, 0.4) is 0 Å². The monoisotopic (exact) mass is 222 g/mol. The van der Waals surface area contributed by atoms with Crippen LogP contribution < -0.4 is 22.4 Å². The molecule has 0 atom stereocenters. The third-order valence-electron chi connectivity index (χ3n) is 2.29. The summed E-state index contributed by atoms with van der Waals surface area (Å²) in [6.07, 6.45) is 0. The highest BCUT2D eigenvalue weighted by molar-refractivity contribution is 5.94. The van der Waals surface area contributed by atoms with Crippen LogP contribution in [0.4, 0.5) is 11.4 Å². The second kappa shape index (κ2) is 2.92. The van der Waals surface area contributed by atoms with E-state index in [1.54, 1.807) is 0 Å². The number of benzene rings is 1. The van der Waals surface area contributed by atoms with Gasteiger partial charge in [0.1, 0.15) is 11.0 Å². The molecule has 1 aromatic heterocycles. The normalized spacial score (nSPS) is 10.8. The van der Waals surface area contributed by atoms with Gasteiger partial charge in [0, 0.05) is 0 Å². The number of aromatic nitrogens is 2. The highest BCUT2D eigenvalue weighted by Crippen LogP contribution is 2.22. The predicted octanol–water partition coefficient (Wildman–Crippen LogP) is -0.959. The lowest BCUT2D eigenvalue weighted by Crippen LogP contribution is -2.41. The van der Waals surface area contributed by atoms with Crippen LogP contribution in [0.25, 0.3) is 11.0 Å². The zero-order valence-corrected chi connectivity index (χ0v) is 8.10. The van der Waals surface area contributed by atoms with Crippen LogP contribution in [0.1, 0.15) is 0 Å². The van der Waals surface area contributed by atoms with Gasteiger partial charge in [-0.1, -0.05) is 0 Å². The van der Waals surface area contributed by atoms with Gasteiger partial charge in [0.15, 0.2) is 0 Å². The van der Waals surface area contributed by atoms with Crippen LogP contribution in [-0.4, -0.2) is 19.9 Å². The second-order valence-corrected chi connectivity index (χ2v) is 3.26. The van der Waals surface area contributed by atoms with E-state index in [1.165, 1.54) is 12.1 Å². The Morgan fingerprint density at radius 1 is 0.875 bits per heavy atom. The fourth-order valence-corrected chi connectivity index (χ4v) is 1.48. The molecular formula is C8H10N6O2. The number of anilines is 2. The van der Waals surface area contributed by atoms with Crippen molar-refractivity contribution in [3.8, 4) is 0 Å². The van der Waals surface area contributed by atoms with Gasteiger partial charge in [-0.25, -0.2) is 0 Å². The first-order valence-corrected chi connectivity index (χ1v) is 4.28. The Balaban J connectivity index is 3.28. The minimum Gasteiger partial charge on any atom is -0.426 e. The summed E-state index contributed by atoms with van der Waals surface area (Å²) >= 11 is 0. The van der Waals surface area contributed by atoms with Crippen molar-refractivity contribution in [2.45, 2.75) is 0 Å². The van der Waals surface area contributed by atoms with E-state index in [0.717, 1.165) is 0 Å². The first-order chi connectivity index (χ1) is 7.45. The fraction of sp³-hybridized carbons (Fsp3) is 0. The van der Waals surface area contributed by atoms with Crippen LogP contribution >= 0.6 is 0 Å². The van der Waals surface area contributed by atoms with Gasteiger partial charge in [0.2, 0.25) is 11.0 Å². The van der Waals surface area contributed by atoms with E-state index in [1.807, 2.05) is 0 Å². The predicted molar refractivity (Wildman–Crippen MR) is 54.8 cm³/mol. The summed E-state index contributed by atoms with van der Waals surface area (Å²) in [6, 6.07) is 2.88. The fourth-order valence-electron chi connectivity index (χ4n) is 1.48. The molecule has 0 amide bonds. The molecular weight excluding hydrogens is 212 g/mol. The third-order valence-corrected chi connectivity index (χ3v) is 2.29. The Hall–Kier alpha value is -2.64. The topological polar surface area (TPSA) is 150 Å². The number of nitrogen functional groups attached to an aromatic ring is 2. The zero-order chi connectivity index (χ0) is 12.0. The maximum Gasteiger partial charge on any atom is 0.207 e. The molecule has 8 N–H and O–H groups in total. The van der Waals surface area contributed by atoms with Crippen molar-refractivity contribution in [3.63, 3.8) is 0 Å². The van der Waals surface area contributed by atoms with E-state index < -0.39 is 11.0 Å². The number of hydrogen-bond acceptors (Lipinski definition) is 6. The minimum absolute atomic E-state index is 0.0106. The van der Waals surface area contributed by atoms with Crippen molar-refractivity contribution in [2.24, 2.45) is 0 Å². The molecule has 0 aliphatic heterocycles. The van der Waals surface area contributed by atoms with Gasteiger partial charge in [-0.15, -0.1) is 0 Å². The molecule has 8 heteroatoms. The Kier molecular flexibility index (Phi) is 1.81. The number of nitrogens with zero attached hydrogens (tertiary/aromatic N) is 2. The quantitative estimate of drug-likeness (QED) is 0.251. The molecule has 1 heterocycles. The van der Waals surface area contributed by atoms with Gasteiger partial charge < -0.3 is 21.9 Å². The first kappa shape index (κ1) is 9.90. The molecule has 0 unspecified atom stereocenters. The second-order valence-electron chi connectivity index (χ2n) is 3.26. The summed E-state index contributed by atoms with van der Waals surface area (Å²) in [7, 11) is 0. The molecule has 0 saturated carbocycles. The molecule has 1 aromatic carbocycles. The molecule has 0 aliphatic carbocycles. The van der Waals surface area contributed by atoms with Gasteiger partial charge in [0.05, 0.1) is 11.4 Å². The molecule has 2 aromatic rings. The lowest BCUT2D eigenvalue weighted by atomic mass is 10.2. The molecule has 2 rings (SSSR count). The smallest absolute Gasteiger partial charge is 0.207 e. The summed E-state index contributed by atoms with van der Waals surface area (Å²) in [5.41, 5.74) is 10.3. The van der Waals surface area contributed by atoms with E-state index in [4.69, 9.17) is 22.3 Å². The van der Waals surface area contributed by atoms with Gasteiger partial charge in [-0.3, -0.25) is 10.8 Å². The van der Waals surface area contributed by atoms with Crippen LogP contribution in [0, 0.1) is 10.8 Å². The standard InChI is InChI=1S/C8H10N6O2/c9-3-1-2-4(10)6-5(3)13(15)7(11)8(12)14(6)16/h1-2,11-12,15-16H,9-10H2. The van der Waals surface area contributed by atoms with E-state index in [9.17, 15) is 10.4 Å². The molecule has 0 fully saturated rings. The van der Waals surface area contributed by atoms with Crippen molar-refractivity contribution in [2.75, 3.05) is 11.5 Å². The zero-order valence-electron chi connectivity index (χ0n) is 8.10. The van der Waals surface area contributed by atoms with Crippen molar-refractivity contribution in [3.05, 3.63) is 23.1 Å². The van der Waals surface area contributed by atoms with E-state index in [0.29, 0.717) is 9.46 Å². The number of nitrogens with one attached hydrogen (secondary N) is 2. The van der Waals surface area contributed by atoms with E-state index in [-0.39, 0.29) is 22.4 Å². The van der Waals surface area contributed by atoms with Gasteiger partial charge in [-0.05, 0) is 12.1 Å². The average molecular weight is 222 g/mol. The third kappa shape index (κ3) is 1.03. The molecule has 16 heavy (non-hydrogen) atoms. The SMILES string of the molecule is N=c1c(=N)n(O)c2c(N)ccc(N)c2n1O. The van der Waals surface area contributed by atoms with Crippen LogP contribution in [0.2, 0.25) is 0 Å². The number of fused-ring (bicyclic) bond motifs is 1. The van der Waals surface area contributed by atoms with Crippen LogP contribution in [0.15, 0.2) is 12.1 Å². The van der Waals surface area contributed by atoms with Gasteiger partial charge in [0.25, 0.3) is 0 Å². The molecule has 0 radical (unpaired) electrons. The maximum atomic E-state index is 9.62. The average Bonchev–Trinajstić information content (AvgIpc) is 2.26. The minimum atomic E-state index is -0.590. The molecule has 0 spiro atoms. The highest BCUT2D eigenvalue weighted by atomic mass is 16.5. The Bertz CT molecular complexity index is 638. The maximum absolute atomic E-state index is 9.62. The molecule has 0 bridgehead atoms. The summed E-state index contributed by atoms with van der Waals surface area (Å²) < 4.78 is 0.826. The molecule has 0 saturated heterocycles. The van der Waals surface area contributed by atoms with E-state index >= 15 is 0 Å². The molecule has 8 nitrogen and oxygen atoms in total. The Morgan fingerprint density at radius 2 is 1.19 bits per heavy atom. The summed E-state index contributed by atoms with van der Waals surface area (Å²) in [5, 5.41) is 34.0. The first-order valence-electron chi connectivity index (χ1n) is 4.28. The lowest BCUT2D eigenvalue weighted by molar-refractivity contribution is 0.150. The molecule has 84 valence electrons. The van der Waals surface area contributed by atoms with Crippen molar-refractivity contribution in [1.29, 1.82) is 10.8 Å². The number of rotatable bonds is 0. The molecule has 0 aliphatic rings. The summed E-state index contributed by atoms with van der Waals surface area (Å²) in [4.78, 5) is 0. The Morgan fingerprint density at radius 3 is 1.50 bits per heavy atom. The number of hydrogen-bond donors (Lipinski definition) is 6. The largest absolute Gasteiger partial charge is 0.426 e. The van der Waals surface area contributed by atoms with Crippen molar-refractivity contribution < 1.29 is 10.4 Å². The van der Waals surface area contributed by atoms with Crippen LogP contribution in [0.5, 0.6) is 0 Å².